The molecule has 5 heteroatoms. The standard InChI is InChI=1S/C14H17N3O2/c15-14-16-11-7-9-3-1-2-4-10(9)8-12(11)17(14)6-5-13(18)19/h7-8H,1-6H2,(H2,15,16)(H,18,19). The van der Waals surface area contributed by atoms with Crippen LogP contribution in [0.4, 0.5) is 5.95 Å². The van der Waals surface area contributed by atoms with Gasteiger partial charge >= 0.3 is 5.97 Å². The summed E-state index contributed by atoms with van der Waals surface area (Å²) >= 11 is 0. The highest BCUT2D eigenvalue weighted by Crippen LogP contribution is 2.27. The molecule has 1 aromatic heterocycles. The number of aromatic nitrogens is 2. The highest BCUT2D eigenvalue weighted by molar-refractivity contribution is 5.80. The molecule has 3 rings (SSSR count). The Hall–Kier alpha value is -2.04. The van der Waals surface area contributed by atoms with Gasteiger partial charge < -0.3 is 15.4 Å². The number of aryl methyl sites for hydroxylation is 3. The third-order valence-electron chi connectivity index (χ3n) is 3.79. The van der Waals surface area contributed by atoms with Crippen LogP contribution in [0.15, 0.2) is 12.1 Å². The third-order valence-corrected chi connectivity index (χ3v) is 3.79. The second-order valence-corrected chi connectivity index (χ2v) is 5.08. The summed E-state index contributed by atoms with van der Waals surface area (Å²) in [5.41, 5.74) is 10.5. The number of nitrogen functional groups attached to an aromatic ring is 1. The number of imidazole rings is 1. The van der Waals surface area contributed by atoms with Crippen molar-refractivity contribution in [3.8, 4) is 0 Å². The Balaban J connectivity index is 2.06. The Morgan fingerprint density at radius 3 is 2.68 bits per heavy atom. The number of carboxylic acid groups (broad SMARTS) is 1. The van der Waals surface area contributed by atoms with Gasteiger partial charge in [0.05, 0.1) is 17.5 Å². The molecule has 0 radical (unpaired) electrons. The van der Waals surface area contributed by atoms with Gasteiger partial charge in [-0.1, -0.05) is 0 Å². The van der Waals surface area contributed by atoms with Gasteiger partial charge in [-0.25, -0.2) is 4.98 Å². The van der Waals surface area contributed by atoms with Crippen molar-refractivity contribution in [2.75, 3.05) is 5.73 Å². The lowest BCUT2D eigenvalue weighted by Crippen LogP contribution is -2.08. The molecule has 0 unspecified atom stereocenters. The predicted octanol–water partition coefficient (Wildman–Crippen LogP) is 1.97. The van der Waals surface area contributed by atoms with Gasteiger partial charge in [-0.15, -0.1) is 0 Å². The van der Waals surface area contributed by atoms with Crippen LogP contribution in [0.25, 0.3) is 11.0 Å². The molecular formula is C14H17N3O2. The van der Waals surface area contributed by atoms with Crippen LogP contribution in [0, 0.1) is 0 Å². The average Bonchev–Trinajstić information content (AvgIpc) is 2.68. The Morgan fingerprint density at radius 2 is 2.00 bits per heavy atom. The molecule has 5 nitrogen and oxygen atoms in total. The molecule has 100 valence electrons. The normalized spacial score (nSPS) is 14.5. The lowest BCUT2D eigenvalue weighted by Gasteiger charge is -2.15. The van der Waals surface area contributed by atoms with Crippen molar-refractivity contribution < 1.29 is 9.90 Å². The van der Waals surface area contributed by atoms with E-state index in [9.17, 15) is 4.79 Å². The van der Waals surface area contributed by atoms with E-state index in [2.05, 4.69) is 17.1 Å². The van der Waals surface area contributed by atoms with Gasteiger partial charge in [0, 0.05) is 6.54 Å². The molecule has 19 heavy (non-hydrogen) atoms. The van der Waals surface area contributed by atoms with E-state index < -0.39 is 5.97 Å². The van der Waals surface area contributed by atoms with Crippen LogP contribution in [0.1, 0.15) is 30.4 Å². The lowest BCUT2D eigenvalue weighted by molar-refractivity contribution is -0.137. The fourth-order valence-electron chi connectivity index (χ4n) is 2.82. The Labute approximate surface area is 111 Å². The summed E-state index contributed by atoms with van der Waals surface area (Å²) in [6, 6.07) is 4.24. The molecule has 0 amide bonds. The van der Waals surface area contributed by atoms with Gasteiger partial charge in [-0.3, -0.25) is 4.79 Å². The van der Waals surface area contributed by atoms with Gasteiger partial charge in [0.1, 0.15) is 0 Å². The summed E-state index contributed by atoms with van der Waals surface area (Å²) < 4.78 is 1.80. The summed E-state index contributed by atoms with van der Waals surface area (Å²) in [5, 5.41) is 8.79. The minimum Gasteiger partial charge on any atom is -0.481 e. The SMILES string of the molecule is Nc1nc2cc3c(cc2n1CCC(=O)O)CCCC3. The Morgan fingerprint density at radius 1 is 1.32 bits per heavy atom. The van der Waals surface area contributed by atoms with E-state index in [1.54, 1.807) is 4.57 Å². The van der Waals surface area contributed by atoms with E-state index in [4.69, 9.17) is 10.8 Å². The van der Waals surface area contributed by atoms with E-state index in [1.165, 1.54) is 24.0 Å². The Kier molecular flexibility index (Phi) is 2.89. The number of carbonyl (C=O) groups is 1. The number of nitrogens with zero attached hydrogens (tertiary/aromatic N) is 2. The largest absolute Gasteiger partial charge is 0.481 e. The first kappa shape index (κ1) is 12.0. The molecule has 0 fully saturated rings. The number of carboxylic acids is 1. The zero-order valence-corrected chi connectivity index (χ0v) is 10.7. The van der Waals surface area contributed by atoms with Crippen molar-refractivity contribution in [2.45, 2.75) is 38.6 Å². The maximum Gasteiger partial charge on any atom is 0.305 e. The van der Waals surface area contributed by atoms with Gasteiger partial charge in [0.2, 0.25) is 5.95 Å². The molecule has 0 saturated carbocycles. The lowest BCUT2D eigenvalue weighted by atomic mass is 9.91. The van der Waals surface area contributed by atoms with Gasteiger partial charge in [0.25, 0.3) is 0 Å². The number of hydrogen-bond acceptors (Lipinski definition) is 3. The minimum atomic E-state index is -0.820. The van der Waals surface area contributed by atoms with Crippen LogP contribution in [0.2, 0.25) is 0 Å². The fraction of sp³-hybridized carbons (Fsp3) is 0.429. The first-order chi connectivity index (χ1) is 9.15. The molecule has 1 aliphatic carbocycles. The van der Waals surface area contributed by atoms with Crippen molar-refractivity contribution in [2.24, 2.45) is 0 Å². The number of benzene rings is 1. The van der Waals surface area contributed by atoms with E-state index in [0.717, 1.165) is 23.9 Å². The molecule has 0 saturated heterocycles. The van der Waals surface area contributed by atoms with Crippen LogP contribution in [0.3, 0.4) is 0 Å². The van der Waals surface area contributed by atoms with Crippen molar-refractivity contribution in [3.63, 3.8) is 0 Å². The second kappa shape index (κ2) is 4.57. The summed E-state index contributed by atoms with van der Waals surface area (Å²) in [7, 11) is 0. The van der Waals surface area contributed by atoms with Crippen molar-refractivity contribution in [1.29, 1.82) is 0 Å². The maximum absolute atomic E-state index is 10.7. The van der Waals surface area contributed by atoms with E-state index in [0.29, 0.717) is 12.5 Å². The van der Waals surface area contributed by atoms with Gasteiger partial charge in [0.15, 0.2) is 0 Å². The molecule has 2 aromatic rings. The fourth-order valence-corrected chi connectivity index (χ4v) is 2.82. The summed E-state index contributed by atoms with van der Waals surface area (Å²) in [6.07, 6.45) is 4.71. The van der Waals surface area contributed by atoms with Crippen LogP contribution in [-0.4, -0.2) is 20.6 Å². The topological polar surface area (TPSA) is 81.1 Å². The number of aliphatic carboxylic acids is 1. The zero-order valence-electron chi connectivity index (χ0n) is 10.7. The monoisotopic (exact) mass is 259 g/mol. The molecule has 0 bridgehead atoms. The van der Waals surface area contributed by atoms with Gasteiger partial charge in [-0.05, 0) is 48.9 Å². The maximum atomic E-state index is 10.7. The number of hydrogen-bond donors (Lipinski definition) is 2. The second-order valence-electron chi connectivity index (χ2n) is 5.08. The molecule has 0 spiro atoms. The predicted molar refractivity (Wildman–Crippen MR) is 73.0 cm³/mol. The summed E-state index contributed by atoms with van der Waals surface area (Å²) in [5.74, 6) is -0.419. The first-order valence-corrected chi connectivity index (χ1v) is 6.64. The third kappa shape index (κ3) is 2.16. The smallest absolute Gasteiger partial charge is 0.305 e. The van der Waals surface area contributed by atoms with E-state index in [-0.39, 0.29) is 6.42 Å². The molecule has 0 aliphatic heterocycles. The quantitative estimate of drug-likeness (QED) is 0.883. The number of anilines is 1. The molecular weight excluding hydrogens is 242 g/mol. The highest BCUT2D eigenvalue weighted by atomic mass is 16.4. The number of nitrogens with two attached hydrogens (primary N) is 1. The van der Waals surface area contributed by atoms with Gasteiger partial charge in [-0.2, -0.15) is 0 Å². The average molecular weight is 259 g/mol. The van der Waals surface area contributed by atoms with Crippen LogP contribution >= 0.6 is 0 Å². The van der Waals surface area contributed by atoms with Crippen molar-refractivity contribution in [1.82, 2.24) is 9.55 Å². The first-order valence-electron chi connectivity index (χ1n) is 6.64. The molecule has 0 atom stereocenters. The van der Waals surface area contributed by atoms with Crippen molar-refractivity contribution in [3.05, 3.63) is 23.3 Å². The zero-order chi connectivity index (χ0) is 13.4. The highest BCUT2D eigenvalue weighted by Gasteiger charge is 2.15. The van der Waals surface area contributed by atoms with E-state index in [1.807, 2.05) is 0 Å². The number of rotatable bonds is 3. The van der Waals surface area contributed by atoms with E-state index >= 15 is 0 Å². The summed E-state index contributed by atoms with van der Waals surface area (Å²) in [6.45, 7) is 0.371. The molecule has 1 aliphatic rings. The molecule has 1 heterocycles. The molecule has 1 aromatic carbocycles. The van der Waals surface area contributed by atoms with Crippen LogP contribution in [0.5, 0.6) is 0 Å². The van der Waals surface area contributed by atoms with Crippen molar-refractivity contribution >= 4 is 23.0 Å². The summed E-state index contributed by atoms with van der Waals surface area (Å²) in [4.78, 5) is 15.0. The minimum absolute atomic E-state index is 0.0622. The molecule has 3 N–H and O–H groups in total. The Bertz CT molecular complexity index is 646. The van der Waals surface area contributed by atoms with Crippen LogP contribution in [-0.2, 0) is 24.2 Å². The number of fused-ring (bicyclic) bond motifs is 2. The van der Waals surface area contributed by atoms with Crippen LogP contribution < -0.4 is 5.73 Å².